The minimum absolute atomic E-state index is 0.0456. The number of hydrogen-bond donors (Lipinski definition) is 0. The normalized spacial score (nSPS) is 23.8. The number of likely N-dealkylation sites (tertiary alicyclic amines) is 1. The Hall–Kier alpha value is -2.29. The van der Waals surface area contributed by atoms with Gasteiger partial charge < -0.3 is 4.74 Å². The van der Waals surface area contributed by atoms with Gasteiger partial charge in [0.2, 0.25) is 0 Å². The quantitative estimate of drug-likeness (QED) is 0.761. The maximum atomic E-state index is 12.8. The summed E-state index contributed by atoms with van der Waals surface area (Å²) in [5.74, 6) is 0.400. The van der Waals surface area contributed by atoms with Crippen LogP contribution < -0.4 is 0 Å². The third kappa shape index (κ3) is 3.30. The summed E-state index contributed by atoms with van der Waals surface area (Å²) in [5, 5.41) is 0. The highest BCUT2D eigenvalue weighted by Gasteiger charge is 2.40. The van der Waals surface area contributed by atoms with Crippen molar-refractivity contribution in [1.82, 2.24) is 4.90 Å². The van der Waals surface area contributed by atoms with Gasteiger partial charge in [-0.2, -0.15) is 0 Å². The molecule has 24 heavy (non-hydrogen) atoms. The molecule has 3 atom stereocenters. The average Bonchev–Trinajstić information content (AvgIpc) is 2.63. The van der Waals surface area contributed by atoms with Crippen molar-refractivity contribution in [3.05, 3.63) is 71.8 Å². The van der Waals surface area contributed by atoms with E-state index >= 15 is 0 Å². The molecule has 1 saturated heterocycles. The van der Waals surface area contributed by atoms with E-state index in [4.69, 9.17) is 4.74 Å². The Labute approximate surface area is 144 Å². The predicted molar refractivity (Wildman–Crippen MR) is 95.6 cm³/mol. The summed E-state index contributed by atoms with van der Waals surface area (Å²) in [6.07, 6.45) is 1.84. The smallest absolute Gasteiger partial charge is 0.410 e. The number of carbonyl (C=O) groups is 1. The number of carbonyl (C=O) groups excluding carboxylic acids is 1. The fraction of sp³-hybridized carbons (Fsp3) is 0.381. The topological polar surface area (TPSA) is 29.5 Å². The van der Waals surface area contributed by atoms with Crippen molar-refractivity contribution < 1.29 is 9.53 Å². The van der Waals surface area contributed by atoms with Crippen LogP contribution in [0.3, 0.4) is 0 Å². The number of rotatable bonds is 3. The van der Waals surface area contributed by atoms with Crippen LogP contribution >= 0.6 is 0 Å². The Bertz CT molecular complexity index is 656. The molecule has 1 aliphatic rings. The Balaban J connectivity index is 2.02. The molecule has 0 radical (unpaired) electrons. The zero-order valence-electron chi connectivity index (χ0n) is 14.4. The number of amides is 1. The fourth-order valence-electron chi connectivity index (χ4n) is 3.77. The molecule has 0 unspecified atom stereocenters. The van der Waals surface area contributed by atoms with Gasteiger partial charge >= 0.3 is 6.09 Å². The SMILES string of the molecule is CCOC(=O)N1[C@@H](c2ccccc2)CC[C@H](C)[C@H]1c1ccccc1. The van der Waals surface area contributed by atoms with Gasteiger partial charge in [0.1, 0.15) is 0 Å². The largest absolute Gasteiger partial charge is 0.450 e. The summed E-state index contributed by atoms with van der Waals surface area (Å²) in [6, 6.07) is 20.7. The van der Waals surface area contributed by atoms with Crippen LogP contribution in [-0.2, 0) is 4.74 Å². The molecule has 1 heterocycles. The monoisotopic (exact) mass is 323 g/mol. The van der Waals surface area contributed by atoms with E-state index in [1.807, 2.05) is 48.2 Å². The van der Waals surface area contributed by atoms with Gasteiger partial charge in [0.05, 0.1) is 18.7 Å². The number of ether oxygens (including phenoxy) is 1. The number of piperidine rings is 1. The lowest BCUT2D eigenvalue weighted by atomic mass is 9.81. The van der Waals surface area contributed by atoms with Crippen molar-refractivity contribution in [3.63, 3.8) is 0 Å². The van der Waals surface area contributed by atoms with Crippen LogP contribution in [0, 0.1) is 5.92 Å². The van der Waals surface area contributed by atoms with Gasteiger partial charge in [-0.25, -0.2) is 4.79 Å². The molecule has 3 rings (SSSR count). The molecule has 1 fully saturated rings. The molecule has 0 saturated carbocycles. The summed E-state index contributed by atoms with van der Waals surface area (Å²) in [5.41, 5.74) is 2.36. The van der Waals surface area contributed by atoms with Crippen molar-refractivity contribution in [1.29, 1.82) is 0 Å². The third-order valence-corrected chi connectivity index (χ3v) is 4.87. The van der Waals surface area contributed by atoms with E-state index in [9.17, 15) is 4.79 Å². The summed E-state index contributed by atoms with van der Waals surface area (Å²) in [4.78, 5) is 14.8. The van der Waals surface area contributed by atoms with E-state index in [1.165, 1.54) is 11.1 Å². The van der Waals surface area contributed by atoms with Crippen LogP contribution in [0.25, 0.3) is 0 Å². The summed E-state index contributed by atoms with van der Waals surface area (Å²) in [6.45, 7) is 4.48. The summed E-state index contributed by atoms with van der Waals surface area (Å²) >= 11 is 0. The van der Waals surface area contributed by atoms with Gasteiger partial charge in [-0.05, 0) is 36.8 Å². The first-order valence-corrected chi connectivity index (χ1v) is 8.77. The predicted octanol–water partition coefficient (Wildman–Crippen LogP) is 5.36. The molecular weight excluding hydrogens is 298 g/mol. The van der Waals surface area contributed by atoms with Gasteiger partial charge in [0, 0.05) is 0 Å². The number of benzene rings is 2. The van der Waals surface area contributed by atoms with E-state index < -0.39 is 0 Å². The lowest BCUT2D eigenvalue weighted by Crippen LogP contribution is -2.44. The van der Waals surface area contributed by atoms with E-state index in [0.717, 1.165) is 12.8 Å². The highest BCUT2D eigenvalue weighted by Crippen LogP contribution is 2.45. The van der Waals surface area contributed by atoms with Crippen molar-refractivity contribution in [2.45, 2.75) is 38.8 Å². The molecule has 2 aromatic rings. The highest BCUT2D eigenvalue weighted by atomic mass is 16.6. The first-order valence-electron chi connectivity index (χ1n) is 8.77. The lowest BCUT2D eigenvalue weighted by molar-refractivity contribution is 0.0264. The van der Waals surface area contributed by atoms with E-state index in [0.29, 0.717) is 12.5 Å². The van der Waals surface area contributed by atoms with Crippen molar-refractivity contribution in [2.24, 2.45) is 5.92 Å². The Morgan fingerprint density at radius 2 is 1.58 bits per heavy atom. The number of nitrogens with zero attached hydrogens (tertiary/aromatic N) is 1. The molecule has 1 aliphatic heterocycles. The molecule has 0 spiro atoms. The summed E-state index contributed by atoms with van der Waals surface area (Å²) in [7, 11) is 0. The standard InChI is InChI=1S/C21H25NO2/c1-3-24-21(23)22-19(17-10-6-4-7-11-17)15-14-16(2)20(22)18-12-8-5-9-13-18/h4-13,16,19-20H,3,14-15H2,1-2H3/t16-,19+,20-/m0/s1. The van der Waals surface area contributed by atoms with Gasteiger partial charge in [0.15, 0.2) is 0 Å². The minimum atomic E-state index is -0.216. The van der Waals surface area contributed by atoms with Crippen LogP contribution in [0.5, 0.6) is 0 Å². The van der Waals surface area contributed by atoms with Crippen LogP contribution in [0.4, 0.5) is 4.79 Å². The first-order chi connectivity index (χ1) is 11.7. The van der Waals surface area contributed by atoms with Gasteiger partial charge in [-0.1, -0.05) is 67.6 Å². The maximum absolute atomic E-state index is 12.8. The van der Waals surface area contributed by atoms with Crippen LogP contribution in [0.1, 0.15) is 49.9 Å². The molecular formula is C21H25NO2. The second-order valence-electron chi connectivity index (χ2n) is 6.44. The van der Waals surface area contributed by atoms with Crippen molar-refractivity contribution in [3.8, 4) is 0 Å². The maximum Gasteiger partial charge on any atom is 0.410 e. The molecule has 0 bridgehead atoms. The highest BCUT2D eigenvalue weighted by molar-refractivity contribution is 5.69. The molecule has 3 heteroatoms. The lowest BCUT2D eigenvalue weighted by Gasteiger charge is -2.45. The van der Waals surface area contributed by atoms with Gasteiger partial charge in [-0.3, -0.25) is 4.90 Å². The van der Waals surface area contributed by atoms with E-state index in [2.05, 4.69) is 31.2 Å². The third-order valence-electron chi connectivity index (χ3n) is 4.87. The van der Waals surface area contributed by atoms with E-state index in [-0.39, 0.29) is 18.2 Å². The van der Waals surface area contributed by atoms with Crippen LogP contribution in [-0.4, -0.2) is 17.6 Å². The fourth-order valence-corrected chi connectivity index (χ4v) is 3.77. The minimum Gasteiger partial charge on any atom is -0.450 e. The van der Waals surface area contributed by atoms with Gasteiger partial charge in [-0.15, -0.1) is 0 Å². The van der Waals surface area contributed by atoms with E-state index in [1.54, 1.807) is 0 Å². The molecule has 2 aromatic carbocycles. The van der Waals surface area contributed by atoms with Crippen molar-refractivity contribution in [2.75, 3.05) is 6.61 Å². The Morgan fingerprint density at radius 1 is 1.00 bits per heavy atom. The first kappa shape index (κ1) is 16.6. The number of hydrogen-bond acceptors (Lipinski definition) is 2. The molecule has 0 N–H and O–H groups in total. The second kappa shape index (κ2) is 7.52. The summed E-state index contributed by atoms with van der Waals surface area (Å²) < 4.78 is 5.42. The van der Waals surface area contributed by atoms with Crippen LogP contribution in [0.2, 0.25) is 0 Å². The second-order valence-corrected chi connectivity index (χ2v) is 6.44. The average molecular weight is 323 g/mol. The molecule has 0 aliphatic carbocycles. The Kier molecular flexibility index (Phi) is 5.19. The molecule has 0 aromatic heterocycles. The van der Waals surface area contributed by atoms with Crippen molar-refractivity contribution >= 4 is 6.09 Å². The Morgan fingerprint density at radius 3 is 2.17 bits per heavy atom. The molecule has 3 nitrogen and oxygen atoms in total. The molecule has 126 valence electrons. The zero-order valence-corrected chi connectivity index (χ0v) is 14.4. The molecule has 1 amide bonds. The van der Waals surface area contributed by atoms with Crippen LogP contribution in [0.15, 0.2) is 60.7 Å². The van der Waals surface area contributed by atoms with Gasteiger partial charge in [0.25, 0.3) is 0 Å². The zero-order chi connectivity index (χ0) is 16.9.